The molecule has 1 aromatic heterocycles. The molecule has 1 amide bonds. The number of hydrogen-bond donors (Lipinski definition) is 1. The predicted molar refractivity (Wildman–Crippen MR) is 120 cm³/mol. The van der Waals surface area contributed by atoms with Crippen LogP contribution in [0.5, 0.6) is 23.5 Å². The molecule has 34 heavy (non-hydrogen) atoms. The number of hydrogen-bond acceptors (Lipinski definition) is 10. The molecule has 1 atom stereocenters. The maximum atomic E-state index is 13.0. The van der Waals surface area contributed by atoms with Crippen molar-refractivity contribution < 1.29 is 38.1 Å². The van der Waals surface area contributed by atoms with Gasteiger partial charge in [0.15, 0.2) is 0 Å². The number of aromatic nitrogens is 2. The lowest BCUT2D eigenvalue weighted by Crippen LogP contribution is -2.43. The van der Waals surface area contributed by atoms with E-state index in [-0.39, 0.29) is 42.3 Å². The van der Waals surface area contributed by atoms with Crippen molar-refractivity contribution in [2.45, 2.75) is 12.5 Å². The number of nitrogens with one attached hydrogen (secondary N) is 1. The van der Waals surface area contributed by atoms with Gasteiger partial charge in [-0.1, -0.05) is 37.4 Å². The van der Waals surface area contributed by atoms with E-state index < -0.39 is 30.3 Å². The Hall–Kier alpha value is -4.41. The van der Waals surface area contributed by atoms with Crippen LogP contribution in [0, 0.1) is 0 Å². The molecule has 2 aromatic rings. The summed E-state index contributed by atoms with van der Waals surface area (Å²) in [5, 5.41) is 2.48. The second kappa shape index (κ2) is 13.2. The third-order valence-corrected chi connectivity index (χ3v) is 4.08. The first-order chi connectivity index (χ1) is 16.4. The summed E-state index contributed by atoms with van der Waals surface area (Å²) in [7, 11) is 2.83. The average Bonchev–Trinajstić information content (AvgIpc) is 2.85. The summed E-state index contributed by atoms with van der Waals surface area (Å²) >= 11 is 0. The van der Waals surface area contributed by atoms with Crippen LogP contribution in [0.2, 0.25) is 0 Å². The summed E-state index contributed by atoms with van der Waals surface area (Å²) in [5.41, 5.74) is 0.0499. The van der Waals surface area contributed by atoms with Crippen LogP contribution in [0.4, 0.5) is 0 Å². The van der Waals surface area contributed by atoms with Gasteiger partial charge in [-0.3, -0.25) is 9.59 Å². The predicted octanol–water partition coefficient (Wildman–Crippen LogP) is 2.23. The average molecular weight is 471 g/mol. The summed E-state index contributed by atoms with van der Waals surface area (Å²) in [6.07, 6.45) is 2.29. The Morgan fingerprint density at radius 2 is 1.62 bits per heavy atom. The molecule has 2 rings (SSSR count). The largest absolute Gasteiger partial charge is 0.481 e. The van der Waals surface area contributed by atoms with E-state index in [1.54, 1.807) is 12.1 Å². The van der Waals surface area contributed by atoms with E-state index in [9.17, 15) is 14.4 Å². The Balaban J connectivity index is 2.26. The number of para-hydroxylation sites is 1. The zero-order valence-electron chi connectivity index (χ0n) is 18.8. The SMILES string of the molecule is C=CCOC(=O)C[C@H](NC(=O)c1ccccc1Oc1nc(OC)cc(OC)n1)C(=O)OCC=C. The van der Waals surface area contributed by atoms with Crippen LogP contribution in [-0.4, -0.2) is 61.3 Å². The van der Waals surface area contributed by atoms with Crippen LogP contribution in [0.25, 0.3) is 0 Å². The van der Waals surface area contributed by atoms with Gasteiger partial charge in [0.05, 0.1) is 32.3 Å². The topological polar surface area (TPSA) is 135 Å². The number of methoxy groups -OCH3 is 2. The summed E-state index contributed by atoms with van der Waals surface area (Å²) in [6.45, 7) is 6.78. The molecule has 0 saturated heterocycles. The van der Waals surface area contributed by atoms with Crippen LogP contribution in [0.15, 0.2) is 55.6 Å². The van der Waals surface area contributed by atoms with Crippen molar-refractivity contribution in [2.75, 3.05) is 27.4 Å². The minimum atomic E-state index is -1.31. The Bertz CT molecular complexity index is 1020. The highest BCUT2D eigenvalue weighted by molar-refractivity contribution is 5.99. The first-order valence-corrected chi connectivity index (χ1v) is 10.0. The van der Waals surface area contributed by atoms with Crippen LogP contribution >= 0.6 is 0 Å². The second-order valence-corrected chi connectivity index (χ2v) is 6.45. The zero-order chi connectivity index (χ0) is 24.9. The number of ether oxygens (including phenoxy) is 5. The maximum absolute atomic E-state index is 13.0. The van der Waals surface area contributed by atoms with Crippen molar-refractivity contribution in [1.29, 1.82) is 0 Å². The van der Waals surface area contributed by atoms with E-state index in [0.29, 0.717) is 0 Å². The van der Waals surface area contributed by atoms with Gasteiger partial charge in [0.25, 0.3) is 5.91 Å². The first kappa shape index (κ1) is 25.8. The van der Waals surface area contributed by atoms with Crippen molar-refractivity contribution in [3.8, 4) is 23.5 Å². The standard InChI is InChI=1S/C23H25N3O8/c1-5-11-32-20(27)13-16(22(29)33-12-6-2)24-21(28)15-9-7-8-10-17(15)34-23-25-18(30-3)14-19(26-23)31-4/h5-10,14,16H,1-2,11-13H2,3-4H3,(H,24,28)/t16-/m0/s1. The van der Waals surface area contributed by atoms with Gasteiger partial charge in [0.1, 0.15) is 25.0 Å². The molecule has 0 aliphatic carbocycles. The molecule has 180 valence electrons. The quantitative estimate of drug-likeness (QED) is 0.342. The van der Waals surface area contributed by atoms with Crippen molar-refractivity contribution in [3.05, 3.63) is 61.2 Å². The number of amides is 1. The molecule has 0 spiro atoms. The lowest BCUT2D eigenvalue weighted by atomic mass is 10.1. The molecule has 0 saturated carbocycles. The maximum Gasteiger partial charge on any atom is 0.329 e. The molecule has 0 radical (unpaired) electrons. The Kier molecular flexibility index (Phi) is 10.0. The lowest BCUT2D eigenvalue weighted by molar-refractivity contribution is -0.151. The minimum absolute atomic E-state index is 0.0398. The molecule has 0 aliphatic heterocycles. The van der Waals surface area contributed by atoms with Crippen molar-refractivity contribution in [3.63, 3.8) is 0 Å². The summed E-state index contributed by atoms with van der Waals surface area (Å²) in [6, 6.07) is 6.20. The van der Waals surface area contributed by atoms with Crippen molar-refractivity contribution >= 4 is 17.8 Å². The summed E-state index contributed by atoms with van der Waals surface area (Å²) in [4.78, 5) is 45.6. The van der Waals surface area contributed by atoms with Gasteiger partial charge in [-0.05, 0) is 12.1 Å². The molecule has 1 N–H and O–H groups in total. The molecule has 0 unspecified atom stereocenters. The third kappa shape index (κ3) is 7.62. The third-order valence-electron chi connectivity index (χ3n) is 4.08. The van der Waals surface area contributed by atoms with Crippen molar-refractivity contribution in [1.82, 2.24) is 15.3 Å². The van der Waals surface area contributed by atoms with Gasteiger partial charge >= 0.3 is 17.9 Å². The molecule has 1 aromatic carbocycles. The highest BCUT2D eigenvalue weighted by atomic mass is 16.5. The molecule has 1 heterocycles. The number of rotatable bonds is 13. The van der Waals surface area contributed by atoms with Gasteiger partial charge in [-0.15, -0.1) is 0 Å². The van der Waals surface area contributed by atoms with Crippen LogP contribution < -0.4 is 19.5 Å². The lowest BCUT2D eigenvalue weighted by Gasteiger charge is -2.17. The fraction of sp³-hybridized carbons (Fsp3) is 0.261. The number of carbonyl (C=O) groups is 3. The molecular weight excluding hydrogens is 446 g/mol. The second-order valence-electron chi connectivity index (χ2n) is 6.45. The molecule has 0 aliphatic rings. The number of carbonyl (C=O) groups excluding carboxylic acids is 3. The fourth-order valence-corrected chi connectivity index (χ4v) is 2.53. The minimum Gasteiger partial charge on any atom is -0.481 e. The Morgan fingerprint density at radius 3 is 2.24 bits per heavy atom. The van der Waals surface area contributed by atoms with Gasteiger partial charge in [-0.25, -0.2) is 4.79 Å². The van der Waals surface area contributed by atoms with Gasteiger partial charge in [-0.2, -0.15) is 9.97 Å². The Labute approximate surface area is 196 Å². The summed E-state index contributed by atoms with van der Waals surface area (Å²) < 4.78 is 25.8. The number of esters is 2. The molecule has 11 heteroatoms. The van der Waals surface area contributed by atoms with Crippen molar-refractivity contribution in [2.24, 2.45) is 0 Å². The Morgan fingerprint density at radius 1 is 1.00 bits per heavy atom. The molecule has 11 nitrogen and oxygen atoms in total. The van der Waals surface area contributed by atoms with E-state index in [0.717, 1.165) is 0 Å². The van der Waals surface area contributed by atoms with E-state index in [4.69, 9.17) is 23.7 Å². The fourth-order valence-electron chi connectivity index (χ4n) is 2.53. The zero-order valence-corrected chi connectivity index (χ0v) is 18.8. The first-order valence-electron chi connectivity index (χ1n) is 10.0. The smallest absolute Gasteiger partial charge is 0.329 e. The van der Waals surface area contributed by atoms with Gasteiger partial charge in [0, 0.05) is 0 Å². The van der Waals surface area contributed by atoms with Gasteiger partial charge in [0.2, 0.25) is 11.8 Å². The summed E-state index contributed by atoms with van der Waals surface area (Å²) in [5.74, 6) is -1.80. The monoisotopic (exact) mass is 471 g/mol. The van der Waals surface area contributed by atoms with Crippen LogP contribution in [0.3, 0.4) is 0 Å². The van der Waals surface area contributed by atoms with E-state index in [1.807, 2.05) is 0 Å². The molecular formula is C23H25N3O8. The van der Waals surface area contributed by atoms with E-state index in [1.165, 1.54) is 44.6 Å². The highest BCUT2D eigenvalue weighted by Gasteiger charge is 2.27. The van der Waals surface area contributed by atoms with E-state index >= 15 is 0 Å². The van der Waals surface area contributed by atoms with E-state index in [2.05, 4.69) is 28.4 Å². The molecule has 0 bridgehead atoms. The number of nitrogens with zero attached hydrogens (tertiary/aromatic N) is 2. The number of benzene rings is 1. The van der Waals surface area contributed by atoms with Crippen LogP contribution in [0.1, 0.15) is 16.8 Å². The molecule has 0 fully saturated rings. The highest BCUT2D eigenvalue weighted by Crippen LogP contribution is 2.26. The normalized spacial score (nSPS) is 10.9. The van der Waals surface area contributed by atoms with Gasteiger partial charge < -0.3 is 29.0 Å². The van der Waals surface area contributed by atoms with Crippen LogP contribution in [-0.2, 0) is 19.1 Å².